The van der Waals surface area contributed by atoms with Gasteiger partial charge in [-0.2, -0.15) is 23.4 Å². The summed E-state index contributed by atoms with van der Waals surface area (Å²) >= 11 is 0. The highest BCUT2D eigenvalue weighted by Crippen LogP contribution is 2.51. The Balaban J connectivity index is 1.31. The molecule has 1 atom stereocenters. The molecule has 3 aromatic rings. The second-order valence-electron chi connectivity index (χ2n) is 10.6. The summed E-state index contributed by atoms with van der Waals surface area (Å²) in [4.78, 5) is 40.8. The van der Waals surface area contributed by atoms with Crippen LogP contribution in [0.3, 0.4) is 0 Å². The van der Waals surface area contributed by atoms with Crippen molar-refractivity contribution >= 4 is 17.5 Å². The van der Waals surface area contributed by atoms with E-state index in [4.69, 9.17) is 0 Å². The highest BCUT2D eigenvalue weighted by Gasteiger charge is 2.48. The van der Waals surface area contributed by atoms with E-state index in [9.17, 15) is 27.6 Å². The molecule has 0 bridgehead atoms. The average molecular weight is 546 g/mol. The average Bonchev–Trinajstić information content (AvgIpc) is 3.79. The molecule has 13 heteroatoms. The smallest absolute Gasteiger partial charge is 0.339 e. The van der Waals surface area contributed by atoms with Gasteiger partial charge in [-0.3, -0.25) is 23.7 Å². The molecular formula is C26H30F3N7O3. The van der Waals surface area contributed by atoms with Gasteiger partial charge in [-0.05, 0) is 75.5 Å². The monoisotopic (exact) mass is 545 g/mol. The molecule has 39 heavy (non-hydrogen) atoms. The van der Waals surface area contributed by atoms with Crippen LogP contribution in [0.25, 0.3) is 0 Å². The third-order valence-corrected chi connectivity index (χ3v) is 7.21. The number of nitrogens with one attached hydrogen (secondary N) is 3. The maximum Gasteiger partial charge on any atom is 0.431 e. The first kappa shape index (κ1) is 26.7. The third kappa shape index (κ3) is 6.07. The number of amides is 2. The van der Waals surface area contributed by atoms with Gasteiger partial charge in [0, 0.05) is 24.0 Å². The van der Waals surface area contributed by atoms with Crippen LogP contribution >= 0.6 is 0 Å². The van der Waals surface area contributed by atoms with Crippen molar-refractivity contribution in [3.8, 4) is 0 Å². The molecule has 3 N–H and O–H groups in total. The Hall–Kier alpha value is -3.90. The minimum absolute atomic E-state index is 0.0186. The van der Waals surface area contributed by atoms with Crippen LogP contribution in [0, 0.1) is 17.8 Å². The number of hydrogen-bond donors (Lipinski definition) is 3. The van der Waals surface area contributed by atoms with Crippen LogP contribution in [0.5, 0.6) is 0 Å². The van der Waals surface area contributed by atoms with Gasteiger partial charge in [0.05, 0.1) is 18.4 Å². The predicted octanol–water partition coefficient (Wildman–Crippen LogP) is 3.59. The van der Waals surface area contributed by atoms with Gasteiger partial charge in [-0.25, -0.2) is 0 Å². The van der Waals surface area contributed by atoms with E-state index in [1.807, 2.05) is 18.8 Å². The van der Waals surface area contributed by atoms with Gasteiger partial charge < -0.3 is 15.6 Å². The molecule has 2 fully saturated rings. The highest BCUT2D eigenvalue weighted by atomic mass is 19.4. The van der Waals surface area contributed by atoms with E-state index in [-0.39, 0.29) is 35.9 Å². The van der Waals surface area contributed by atoms with Gasteiger partial charge in [-0.15, -0.1) is 0 Å². The Morgan fingerprint density at radius 3 is 2.38 bits per heavy atom. The Morgan fingerprint density at radius 1 is 1.10 bits per heavy atom. The molecule has 0 aromatic carbocycles. The summed E-state index contributed by atoms with van der Waals surface area (Å²) in [6, 6.07) is 2.75. The number of halogens is 3. The van der Waals surface area contributed by atoms with Crippen LogP contribution < -0.4 is 16.2 Å². The number of pyridine rings is 1. The topological polar surface area (TPSA) is 127 Å². The quantitative estimate of drug-likeness (QED) is 0.359. The lowest BCUT2D eigenvalue weighted by Gasteiger charge is -2.27. The summed E-state index contributed by atoms with van der Waals surface area (Å²) < 4.78 is 41.5. The first-order chi connectivity index (χ1) is 18.5. The molecule has 0 aliphatic heterocycles. The molecule has 2 aliphatic rings. The zero-order valence-electron chi connectivity index (χ0n) is 21.5. The van der Waals surface area contributed by atoms with Crippen molar-refractivity contribution in [1.29, 1.82) is 0 Å². The van der Waals surface area contributed by atoms with E-state index in [1.54, 1.807) is 16.9 Å². The Labute approximate surface area is 222 Å². The fourth-order valence-electron chi connectivity index (χ4n) is 5.05. The van der Waals surface area contributed by atoms with Crippen LogP contribution in [-0.2, 0) is 17.5 Å². The van der Waals surface area contributed by atoms with E-state index >= 15 is 0 Å². The van der Waals surface area contributed by atoms with Crippen LogP contribution in [0.4, 0.5) is 18.9 Å². The van der Waals surface area contributed by atoms with Crippen LogP contribution in [0.2, 0.25) is 0 Å². The van der Waals surface area contributed by atoms with Gasteiger partial charge in [0.1, 0.15) is 17.4 Å². The molecule has 3 heterocycles. The largest absolute Gasteiger partial charge is 0.431 e. The lowest BCUT2D eigenvalue weighted by molar-refractivity contribution is -0.141. The van der Waals surface area contributed by atoms with Crippen molar-refractivity contribution in [3.05, 3.63) is 64.1 Å². The number of anilines is 1. The van der Waals surface area contributed by atoms with Crippen molar-refractivity contribution in [2.45, 2.75) is 64.3 Å². The second kappa shape index (κ2) is 10.3. The van der Waals surface area contributed by atoms with Gasteiger partial charge in [-0.1, -0.05) is 0 Å². The van der Waals surface area contributed by atoms with E-state index < -0.39 is 23.5 Å². The number of carbonyl (C=O) groups excluding carboxylic acids is 2. The van der Waals surface area contributed by atoms with Crippen molar-refractivity contribution in [2.75, 3.05) is 5.32 Å². The third-order valence-electron chi connectivity index (χ3n) is 7.21. The molecule has 2 aliphatic carbocycles. The summed E-state index contributed by atoms with van der Waals surface area (Å²) in [5.41, 5.74) is -1.19. The maximum absolute atomic E-state index is 13.5. The highest BCUT2D eigenvalue weighted by molar-refractivity contribution is 6.00. The Bertz CT molecular complexity index is 1400. The van der Waals surface area contributed by atoms with Crippen LogP contribution in [0.1, 0.15) is 67.3 Å². The number of aromatic nitrogens is 5. The van der Waals surface area contributed by atoms with Crippen molar-refractivity contribution in [2.24, 2.45) is 17.8 Å². The van der Waals surface area contributed by atoms with E-state index in [0.29, 0.717) is 23.2 Å². The normalized spacial score (nSPS) is 16.5. The Morgan fingerprint density at radius 2 is 1.79 bits per heavy atom. The Kier molecular flexibility index (Phi) is 7.08. The summed E-state index contributed by atoms with van der Waals surface area (Å²) in [7, 11) is 0. The molecule has 0 unspecified atom stereocenters. The minimum atomic E-state index is -4.65. The molecule has 10 nitrogen and oxygen atoms in total. The van der Waals surface area contributed by atoms with Crippen LogP contribution in [-0.4, -0.2) is 42.4 Å². The molecule has 0 spiro atoms. The van der Waals surface area contributed by atoms with E-state index in [1.165, 1.54) is 17.1 Å². The first-order valence-electron chi connectivity index (χ1n) is 13.0. The SMILES string of the molecule is CC(C)n1nccc1C(=O)N[C@H](C(=O)Nc1cnn(Cc2ccc(C(F)(F)F)[nH]c2=O)c1)C(C1CC1)C1CC1. The van der Waals surface area contributed by atoms with Crippen molar-refractivity contribution in [3.63, 3.8) is 0 Å². The number of hydrogen-bond acceptors (Lipinski definition) is 5. The predicted molar refractivity (Wildman–Crippen MR) is 135 cm³/mol. The van der Waals surface area contributed by atoms with Gasteiger partial charge in [0.25, 0.3) is 11.5 Å². The van der Waals surface area contributed by atoms with Crippen LogP contribution in [0.15, 0.2) is 41.6 Å². The fourth-order valence-corrected chi connectivity index (χ4v) is 5.05. The van der Waals surface area contributed by atoms with Crippen molar-refractivity contribution < 1.29 is 22.8 Å². The molecule has 2 saturated carbocycles. The van der Waals surface area contributed by atoms with E-state index in [2.05, 4.69) is 20.8 Å². The standard InChI is InChI=1S/C26H30F3N7O3/c1-14(2)36-19(9-10-30-36)24(38)34-22(21(15-3-4-15)16-5-6-16)25(39)32-18-11-31-35(13-18)12-17-7-8-20(26(27,28)29)33-23(17)37/h7-11,13-16,21-22H,3-6,12H2,1-2H3,(H,32,39)(H,33,37)(H,34,38)/t22-/m0/s1. The van der Waals surface area contributed by atoms with E-state index in [0.717, 1.165) is 37.8 Å². The lowest BCUT2D eigenvalue weighted by Crippen LogP contribution is -2.50. The number of carbonyl (C=O) groups is 2. The summed E-state index contributed by atoms with van der Waals surface area (Å²) in [5.74, 6) is 0.0278. The number of rotatable bonds is 10. The van der Waals surface area contributed by atoms with Crippen molar-refractivity contribution in [1.82, 2.24) is 29.9 Å². The minimum Gasteiger partial charge on any atom is -0.339 e. The number of nitrogens with zero attached hydrogens (tertiary/aromatic N) is 4. The van der Waals surface area contributed by atoms with Gasteiger partial charge >= 0.3 is 6.18 Å². The summed E-state index contributed by atoms with van der Waals surface area (Å²) in [6.45, 7) is 3.75. The number of H-pyrrole nitrogens is 1. The molecule has 5 rings (SSSR count). The molecule has 3 aromatic heterocycles. The zero-order chi connectivity index (χ0) is 27.9. The molecule has 0 radical (unpaired) electrons. The second-order valence-corrected chi connectivity index (χ2v) is 10.6. The van der Waals surface area contributed by atoms with Gasteiger partial charge in [0.15, 0.2) is 0 Å². The zero-order valence-corrected chi connectivity index (χ0v) is 21.5. The summed E-state index contributed by atoms with van der Waals surface area (Å²) in [5, 5.41) is 14.2. The molecule has 0 saturated heterocycles. The molecule has 2 amide bonds. The number of alkyl halides is 3. The number of aromatic amines is 1. The molecular weight excluding hydrogens is 515 g/mol. The first-order valence-corrected chi connectivity index (χ1v) is 13.0. The molecule has 208 valence electrons. The lowest BCUT2D eigenvalue weighted by atomic mass is 9.88. The van der Waals surface area contributed by atoms with Gasteiger partial charge in [0.2, 0.25) is 5.91 Å². The summed E-state index contributed by atoms with van der Waals surface area (Å²) in [6.07, 6.45) is 3.86. The maximum atomic E-state index is 13.5. The fraction of sp³-hybridized carbons (Fsp3) is 0.500.